The Kier molecular flexibility index (Phi) is 4.18. The zero-order valence-corrected chi connectivity index (χ0v) is 11.3. The van der Waals surface area contributed by atoms with Gasteiger partial charge in [0.1, 0.15) is 11.3 Å². The molecule has 2 rings (SSSR count). The summed E-state index contributed by atoms with van der Waals surface area (Å²) in [6.07, 6.45) is 1.32. The summed E-state index contributed by atoms with van der Waals surface area (Å²) in [6.45, 7) is 1.48. The van der Waals surface area contributed by atoms with Crippen LogP contribution in [0.2, 0.25) is 0 Å². The molecule has 3 N–H and O–H groups in total. The molecule has 1 heterocycles. The monoisotopic (exact) mass is 286 g/mol. The van der Waals surface area contributed by atoms with Crippen LogP contribution >= 0.6 is 0 Å². The van der Waals surface area contributed by atoms with E-state index in [1.54, 1.807) is 6.92 Å². The molecular weight excluding hydrogens is 272 g/mol. The van der Waals surface area contributed by atoms with Crippen LogP contribution in [0.25, 0.3) is 0 Å². The summed E-state index contributed by atoms with van der Waals surface area (Å²) in [4.78, 5) is 38.1. The molecule has 0 aliphatic heterocycles. The molecule has 1 aromatic heterocycles. The predicted molar refractivity (Wildman–Crippen MR) is 76.6 cm³/mol. The standard InChI is InChI=1S/C15H14N2O4/c1-9-6-13(19)12(7-16-9)15(21)17-8-14(20)10-2-4-11(18)5-3-10/h2-7,18H,8H2,1H3,(H,16,19)(H,17,21). The molecule has 6 heteroatoms. The first kappa shape index (κ1) is 14.5. The summed E-state index contributed by atoms with van der Waals surface area (Å²) in [5.74, 6) is -0.864. The van der Waals surface area contributed by atoms with Crippen molar-refractivity contribution in [1.29, 1.82) is 0 Å². The van der Waals surface area contributed by atoms with Crippen molar-refractivity contribution in [1.82, 2.24) is 10.3 Å². The molecule has 1 aromatic carbocycles. The Morgan fingerprint density at radius 3 is 2.52 bits per heavy atom. The lowest BCUT2D eigenvalue weighted by Gasteiger charge is -2.05. The van der Waals surface area contributed by atoms with Crippen molar-refractivity contribution in [2.45, 2.75) is 6.92 Å². The van der Waals surface area contributed by atoms with Crippen LogP contribution in [0.3, 0.4) is 0 Å². The summed E-state index contributed by atoms with van der Waals surface area (Å²) >= 11 is 0. The second-order valence-corrected chi connectivity index (χ2v) is 4.55. The molecule has 0 saturated heterocycles. The fraction of sp³-hybridized carbons (Fsp3) is 0.133. The lowest BCUT2D eigenvalue weighted by atomic mass is 10.1. The molecule has 2 aromatic rings. The maximum Gasteiger partial charge on any atom is 0.257 e. The first-order valence-electron chi connectivity index (χ1n) is 6.27. The van der Waals surface area contributed by atoms with Gasteiger partial charge in [0.15, 0.2) is 11.2 Å². The van der Waals surface area contributed by atoms with Crippen LogP contribution in [0.15, 0.2) is 41.3 Å². The number of Topliss-reactive ketones (excluding diaryl/α,β-unsaturated/α-hetero) is 1. The Morgan fingerprint density at radius 1 is 1.24 bits per heavy atom. The van der Waals surface area contributed by atoms with Gasteiger partial charge in [-0.05, 0) is 31.2 Å². The van der Waals surface area contributed by atoms with Crippen LogP contribution in [0.5, 0.6) is 5.75 Å². The Labute approximate surface area is 120 Å². The number of hydrogen-bond acceptors (Lipinski definition) is 4. The summed E-state index contributed by atoms with van der Waals surface area (Å²) < 4.78 is 0. The number of aryl methyl sites for hydroxylation is 1. The van der Waals surface area contributed by atoms with Gasteiger partial charge in [-0.3, -0.25) is 14.4 Å². The Hall–Kier alpha value is -2.89. The van der Waals surface area contributed by atoms with Crippen LogP contribution in [-0.2, 0) is 0 Å². The fourth-order valence-electron chi connectivity index (χ4n) is 1.76. The number of hydrogen-bond donors (Lipinski definition) is 3. The van der Waals surface area contributed by atoms with Crippen molar-refractivity contribution < 1.29 is 14.7 Å². The number of ketones is 1. The average Bonchev–Trinajstić information content (AvgIpc) is 2.45. The first-order valence-corrected chi connectivity index (χ1v) is 6.27. The van der Waals surface area contributed by atoms with Crippen molar-refractivity contribution in [2.24, 2.45) is 0 Å². The topological polar surface area (TPSA) is 99.3 Å². The zero-order chi connectivity index (χ0) is 15.4. The number of benzene rings is 1. The number of aromatic nitrogens is 1. The second kappa shape index (κ2) is 6.04. The van der Waals surface area contributed by atoms with Crippen molar-refractivity contribution in [2.75, 3.05) is 6.54 Å². The summed E-state index contributed by atoms with van der Waals surface area (Å²) in [6, 6.07) is 7.02. The molecular formula is C15H14N2O4. The van der Waals surface area contributed by atoms with Crippen LogP contribution in [0.4, 0.5) is 0 Å². The lowest BCUT2D eigenvalue weighted by molar-refractivity contribution is 0.0903. The number of rotatable bonds is 4. The third kappa shape index (κ3) is 3.56. The number of carbonyl (C=O) groups is 2. The van der Waals surface area contributed by atoms with Gasteiger partial charge in [-0.15, -0.1) is 0 Å². The lowest BCUT2D eigenvalue weighted by Crippen LogP contribution is -2.32. The van der Waals surface area contributed by atoms with E-state index in [0.717, 1.165) is 0 Å². The average molecular weight is 286 g/mol. The molecule has 0 bridgehead atoms. The van der Waals surface area contributed by atoms with E-state index in [4.69, 9.17) is 5.11 Å². The molecule has 0 saturated carbocycles. The van der Waals surface area contributed by atoms with Crippen LogP contribution in [-0.4, -0.2) is 28.3 Å². The van der Waals surface area contributed by atoms with Crippen molar-refractivity contribution >= 4 is 11.7 Å². The maximum absolute atomic E-state index is 11.8. The van der Waals surface area contributed by atoms with Crippen LogP contribution in [0, 0.1) is 6.92 Å². The zero-order valence-electron chi connectivity index (χ0n) is 11.3. The second-order valence-electron chi connectivity index (χ2n) is 4.55. The van der Waals surface area contributed by atoms with Crippen molar-refractivity contribution in [3.8, 4) is 5.75 Å². The van der Waals surface area contributed by atoms with E-state index in [0.29, 0.717) is 11.3 Å². The first-order chi connectivity index (χ1) is 9.97. The number of pyridine rings is 1. The number of amides is 1. The van der Waals surface area contributed by atoms with Crippen LogP contribution in [0.1, 0.15) is 26.4 Å². The number of phenols is 1. The van der Waals surface area contributed by atoms with Gasteiger partial charge in [-0.2, -0.15) is 0 Å². The molecule has 0 spiro atoms. The molecule has 0 fully saturated rings. The highest BCUT2D eigenvalue weighted by Gasteiger charge is 2.12. The highest BCUT2D eigenvalue weighted by atomic mass is 16.3. The molecule has 0 aliphatic carbocycles. The van der Waals surface area contributed by atoms with E-state index in [-0.39, 0.29) is 23.6 Å². The Morgan fingerprint density at radius 2 is 1.90 bits per heavy atom. The molecule has 1 amide bonds. The van der Waals surface area contributed by atoms with Gasteiger partial charge in [0.2, 0.25) is 0 Å². The SMILES string of the molecule is Cc1cc(=O)c(C(=O)NCC(=O)c2ccc(O)cc2)c[nH]1. The third-order valence-corrected chi connectivity index (χ3v) is 2.90. The van der Waals surface area contributed by atoms with Gasteiger partial charge < -0.3 is 15.4 Å². The number of H-pyrrole nitrogens is 1. The van der Waals surface area contributed by atoms with Gasteiger partial charge in [-0.25, -0.2) is 0 Å². The molecule has 21 heavy (non-hydrogen) atoms. The number of nitrogens with one attached hydrogen (secondary N) is 2. The minimum atomic E-state index is -0.608. The quantitative estimate of drug-likeness (QED) is 0.730. The van der Waals surface area contributed by atoms with Crippen LogP contribution < -0.4 is 10.7 Å². The van der Waals surface area contributed by atoms with E-state index in [2.05, 4.69) is 10.3 Å². The smallest absolute Gasteiger partial charge is 0.257 e. The summed E-state index contributed by atoms with van der Waals surface area (Å²) in [7, 11) is 0. The molecule has 6 nitrogen and oxygen atoms in total. The highest BCUT2D eigenvalue weighted by molar-refractivity contribution is 6.02. The van der Waals surface area contributed by atoms with Gasteiger partial charge in [-0.1, -0.05) is 0 Å². The van der Waals surface area contributed by atoms with Gasteiger partial charge >= 0.3 is 0 Å². The number of phenolic OH excluding ortho intramolecular Hbond substituents is 1. The minimum Gasteiger partial charge on any atom is -0.508 e. The van der Waals surface area contributed by atoms with Crippen molar-refractivity contribution in [3.63, 3.8) is 0 Å². The summed E-state index contributed by atoms with van der Waals surface area (Å²) in [5, 5.41) is 11.5. The molecule has 0 atom stereocenters. The Bertz CT molecular complexity index is 732. The fourth-order valence-corrected chi connectivity index (χ4v) is 1.76. The number of carbonyl (C=O) groups excluding carboxylic acids is 2. The van der Waals surface area contributed by atoms with Gasteiger partial charge in [0.25, 0.3) is 5.91 Å². The molecule has 0 radical (unpaired) electrons. The maximum atomic E-state index is 11.8. The predicted octanol–water partition coefficient (Wildman–Crippen LogP) is 1.00. The third-order valence-electron chi connectivity index (χ3n) is 2.90. The van der Waals surface area contributed by atoms with E-state index in [1.165, 1.54) is 36.5 Å². The van der Waals surface area contributed by atoms with E-state index >= 15 is 0 Å². The van der Waals surface area contributed by atoms with Crippen molar-refractivity contribution in [3.05, 3.63) is 63.6 Å². The van der Waals surface area contributed by atoms with E-state index < -0.39 is 11.3 Å². The molecule has 108 valence electrons. The normalized spacial score (nSPS) is 10.1. The number of aromatic amines is 1. The molecule has 0 aliphatic rings. The Balaban J connectivity index is 2.02. The van der Waals surface area contributed by atoms with Gasteiger partial charge in [0.05, 0.1) is 6.54 Å². The molecule has 0 unspecified atom stereocenters. The summed E-state index contributed by atoms with van der Waals surface area (Å²) in [5.41, 5.74) is 0.572. The number of aromatic hydroxyl groups is 1. The highest BCUT2D eigenvalue weighted by Crippen LogP contribution is 2.09. The van der Waals surface area contributed by atoms with E-state index in [9.17, 15) is 14.4 Å². The van der Waals surface area contributed by atoms with Gasteiger partial charge in [0, 0.05) is 23.5 Å². The largest absolute Gasteiger partial charge is 0.508 e. The van der Waals surface area contributed by atoms with E-state index in [1.807, 2.05) is 0 Å². The minimum absolute atomic E-state index is 0.0425.